The van der Waals surface area contributed by atoms with Crippen LogP contribution in [0.3, 0.4) is 0 Å². The van der Waals surface area contributed by atoms with E-state index in [1.165, 1.54) is 6.07 Å². The molecule has 4 nitrogen and oxygen atoms in total. The molecule has 0 N–H and O–H groups in total. The van der Waals surface area contributed by atoms with Crippen LogP contribution in [-0.4, -0.2) is 49.5 Å². The molecule has 150 valence electrons. The summed E-state index contributed by atoms with van der Waals surface area (Å²) in [5.41, 5.74) is 1.25. The molecule has 1 aliphatic rings. The van der Waals surface area contributed by atoms with Crippen molar-refractivity contribution < 1.29 is 22.7 Å². The SMILES string of the molecule is CN(C)CCN(Cc1cccc(C(F)(F)F)c1)C(=O)c1ccc2c(c1)CCO2. The highest BCUT2D eigenvalue weighted by atomic mass is 19.4. The molecule has 0 fully saturated rings. The van der Waals surface area contributed by atoms with Crippen LogP contribution in [-0.2, 0) is 19.1 Å². The van der Waals surface area contributed by atoms with Gasteiger partial charge in [0.2, 0.25) is 0 Å². The zero-order valence-corrected chi connectivity index (χ0v) is 15.9. The minimum absolute atomic E-state index is 0.115. The summed E-state index contributed by atoms with van der Waals surface area (Å²) in [5.74, 6) is 0.586. The number of alkyl halides is 3. The number of carbonyl (C=O) groups is 1. The number of halogens is 3. The van der Waals surface area contributed by atoms with Crippen LogP contribution in [0.15, 0.2) is 42.5 Å². The van der Waals surface area contributed by atoms with E-state index in [-0.39, 0.29) is 12.5 Å². The van der Waals surface area contributed by atoms with Crippen LogP contribution in [0.25, 0.3) is 0 Å². The first kappa shape index (κ1) is 20.2. The minimum atomic E-state index is -4.41. The van der Waals surface area contributed by atoms with Gasteiger partial charge in [-0.1, -0.05) is 12.1 Å². The Kier molecular flexibility index (Phi) is 5.93. The fraction of sp³-hybridized carbons (Fsp3) is 0.381. The minimum Gasteiger partial charge on any atom is -0.493 e. The van der Waals surface area contributed by atoms with Crippen LogP contribution in [0.4, 0.5) is 13.2 Å². The van der Waals surface area contributed by atoms with Crippen molar-refractivity contribution in [2.24, 2.45) is 0 Å². The molecule has 0 spiro atoms. The Hall–Kier alpha value is -2.54. The second kappa shape index (κ2) is 8.22. The maximum Gasteiger partial charge on any atom is 0.416 e. The van der Waals surface area contributed by atoms with E-state index >= 15 is 0 Å². The van der Waals surface area contributed by atoms with Crippen molar-refractivity contribution in [3.63, 3.8) is 0 Å². The lowest BCUT2D eigenvalue weighted by atomic mass is 10.1. The fourth-order valence-corrected chi connectivity index (χ4v) is 3.14. The van der Waals surface area contributed by atoms with E-state index in [2.05, 4.69) is 0 Å². The van der Waals surface area contributed by atoms with E-state index in [4.69, 9.17) is 4.74 Å². The van der Waals surface area contributed by atoms with Gasteiger partial charge in [-0.2, -0.15) is 13.2 Å². The molecule has 0 saturated heterocycles. The molecule has 3 rings (SSSR count). The third-order valence-corrected chi connectivity index (χ3v) is 4.67. The smallest absolute Gasteiger partial charge is 0.416 e. The Balaban J connectivity index is 1.83. The summed E-state index contributed by atoms with van der Waals surface area (Å²) in [4.78, 5) is 16.6. The first-order chi connectivity index (χ1) is 13.2. The molecular formula is C21H23F3N2O2. The quantitative estimate of drug-likeness (QED) is 0.749. The predicted molar refractivity (Wildman–Crippen MR) is 100 cm³/mol. The highest BCUT2D eigenvalue weighted by molar-refractivity contribution is 5.94. The lowest BCUT2D eigenvalue weighted by molar-refractivity contribution is -0.137. The van der Waals surface area contributed by atoms with E-state index in [9.17, 15) is 18.0 Å². The van der Waals surface area contributed by atoms with Gasteiger partial charge in [-0.25, -0.2) is 0 Å². The molecule has 0 radical (unpaired) electrons. The van der Waals surface area contributed by atoms with Crippen molar-refractivity contribution in [2.75, 3.05) is 33.8 Å². The molecule has 0 unspecified atom stereocenters. The maximum atomic E-state index is 13.1. The summed E-state index contributed by atoms with van der Waals surface area (Å²) in [6, 6.07) is 10.4. The molecule has 28 heavy (non-hydrogen) atoms. The maximum absolute atomic E-state index is 13.1. The summed E-state index contributed by atoms with van der Waals surface area (Å²) in [6.07, 6.45) is -3.66. The van der Waals surface area contributed by atoms with Gasteiger partial charge in [-0.3, -0.25) is 4.79 Å². The third kappa shape index (κ3) is 4.84. The van der Waals surface area contributed by atoms with E-state index in [1.807, 2.05) is 25.1 Å². The Labute approximate surface area is 162 Å². The summed E-state index contributed by atoms with van der Waals surface area (Å²) >= 11 is 0. The van der Waals surface area contributed by atoms with Crippen molar-refractivity contribution in [1.82, 2.24) is 9.80 Å². The van der Waals surface area contributed by atoms with Crippen LogP contribution in [0.2, 0.25) is 0 Å². The molecule has 1 amide bonds. The lowest BCUT2D eigenvalue weighted by Crippen LogP contribution is -2.36. The number of benzene rings is 2. The first-order valence-corrected chi connectivity index (χ1v) is 9.10. The molecular weight excluding hydrogens is 369 g/mol. The molecule has 2 aromatic carbocycles. The number of amides is 1. The Bertz CT molecular complexity index is 850. The number of nitrogens with zero attached hydrogens (tertiary/aromatic N) is 2. The van der Waals surface area contributed by atoms with Gasteiger partial charge in [0.05, 0.1) is 12.2 Å². The van der Waals surface area contributed by atoms with Gasteiger partial charge in [0, 0.05) is 31.6 Å². The standard InChI is InChI=1S/C21H23F3N2O2/c1-25(2)9-10-26(14-15-4-3-5-18(12-15)21(22,23)24)20(27)17-6-7-19-16(13-17)8-11-28-19/h3-7,12-13H,8-11,14H2,1-2H3. The molecule has 1 aliphatic heterocycles. The van der Waals surface area contributed by atoms with Crippen LogP contribution in [0.5, 0.6) is 5.75 Å². The number of likely N-dealkylation sites (N-methyl/N-ethyl adjacent to an activating group) is 1. The van der Waals surface area contributed by atoms with Gasteiger partial charge in [-0.15, -0.1) is 0 Å². The molecule has 0 saturated carbocycles. The summed E-state index contributed by atoms with van der Waals surface area (Å²) in [6.45, 7) is 1.74. The van der Waals surface area contributed by atoms with E-state index in [1.54, 1.807) is 23.1 Å². The van der Waals surface area contributed by atoms with Gasteiger partial charge < -0.3 is 14.5 Å². The predicted octanol–water partition coefficient (Wildman–Crippen LogP) is 3.84. The number of ether oxygens (including phenoxy) is 1. The van der Waals surface area contributed by atoms with Gasteiger partial charge in [-0.05, 0) is 55.6 Å². The normalized spacial score (nSPS) is 13.4. The average molecular weight is 392 g/mol. The Morgan fingerprint density at radius 2 is 1.89 bits per heavy atom. The summed E-state index contributed by atoms with van der Waals surface area (Å²) in [5, 5.41) is 0. The zero-order chi connectivity index (χ0) is 20.3. The molecule has 7 heteroatoms. The molecule has 0 aliphatic carbocycles. The van der Waals surface area contributed by atoms with E-state index < -0.39 is 11.7 Å². The van der Waals surface area contributed by atoms with Gasteiger partial charge >= 0.3 is 6.18 Å². The number of hydrogen-bond donors (Lipinski definition) is 0. The molecule has 0 aromatic heterocycles. The van der Waals surface area contributed by atoms with Crippen molar-refractivity contribution in [2.45, 2.75) is 19.1 Å². The monoisotopic (exact) mass is 392 g/mol. The first-order valence-electron chi connectivity index (χ1n) is 9.10. The third-order valence-electron chi connectivity index (χ3n) is 4.67. The van der Waals surface area contributed by atoms with Gasteiger partial charge in [0.25, 0.3) is 5.91 Å². The second-order valence-corrected chi connectivity index (χ2v) is 7.15. The van der Waals surface area contributed by atoms with E-state index in [0.29, 0.717) is 30.8 Å². The summed E-state index contributed by atoms with van der Waals surface area (Å²) < 4.78 is 44.5. The number of hydrogen-bond acceptors (Lipinski definition) is 3. The molecule has 1 heterocycles. The zero-order valence-electron chi connectivity index (χ0n) is 15.9. The van der Waals surface area contributed by atoms with Crippen LogP contribution in [0, 0.1) is 0 Å². The van der Waals surface area contributed by atoms with Crippen LogP contribution in [0.1, 0.15) is 27.0 Å². The lowest BCUT2D eigenvalue weighted by Gasteiger charge is -2.25. The van der Waals surface area contributed by atoms with Crippen LogP contribution < -0.4 is 4.74 Å². The second-order valence-electron chi connectivity index (χ2n) is 7.15. The molecule has 0 atom stereocenters. The van der Waals surface area contributed by atoms with Gasteiger partial charge in [0.1, 0.15) is 5.75 Å². The van der Waals surface area contributed by atoms with Crippen molar-refractivity contribution in [1.29, 1.82) is 0 Å². The number of fused-ring (bicyclic) bond motifs is 1. The fourth-order valence-electron chi connectivity index (χ4n) is 3.14. The number of carbonyl (C=O) groups excluding carboxylic acids is 1. The van der Waals surface area contributed by atoms with Crippen molar-refractivity contribution in [3.8, 4) is 5.75 Å². The summed E-state index contributed by atoms with van der Waals surface area (Å²) in [7, 11) is 3.78. The van der Waals surface area contributed by atoms with Crippen molar-refractivity contribution >= 4 is 5.91 Å². The Morgan fingerprint density at radius 3 is 2.61 bits per heavy atom. The molecule has 2 aromatic rings. The van der Waals surface area contributed by atoms with Gasteiger partial charge in [0.15, 0.2) is 0 Å². The van der Waals surface area contributed by atoms with Crippen LogP contribution >= 0.6 is 0 Å². The van der Waals surface area contributed by atoms with Crippen molar-refractivity contribution in [3.05, 3.63) is 64.7 Å². The topological polar surface area (TPSA) is 32.8 Å². The average Bonchev–Trinajstić information content (AvgIpc) is 3.11. The highest BCUT2D eigenvalue weighted by Gasteiger charge is 2.30. The Morgan fingerprint density at radius 1 is 1.11 bits per heavy atom. The number of rotatable bonds is 6. The largest absolute Gasteiger partial charge is 0.493 e. The molecule has 0 bridgehead atoms. The van der Waals surface area contributed by atoms with E-state index in [0.717, 1.165) is 29.9 Å². The highest BCUT2D eigenvalue weighted by Crippen LogP contribution is 2.30.